The van der Waals surface area contributed by atoms with E-state index in [1.807, 2.05) is 70.4 Å². The summed E-state index contributed by atoms with van der Waals surface area (Å²) < 4.78 is 1.61. The Morgan fingerprint density at radius 1 is 0.682 bits per heavy atom. The fourth-order valence-corrected chi connectivity index (χ4v) is 3.78. The zero-order valence-electron chi connectivity index (χ0n) is 29.3. The van der Waals surface area contributed by atoms with E-state index in [2.05, 4.69) is 94.6 Å². The van der Waals surface area contributed by atoms with Crippen molar-refractivity contribution in [1.82, 2.24) is 19.4 Å². The predicted octanol–water partition coefficient (Wildman–Crippen LogP) is 8.08. The molecule has 0 saturated carbocycles. The van der Waals surface area contributed by atoms with Crippen molar-refractivity contribution in [3.8, 4) is 0 Å². The van der Waals surface area contributed by atoms with Gasteiger partial charge in [0.25, 0.3) is 5.56 Å². The molecule has 4 heterocycles. The lowest BCUT2D eigenvalue weighted by Crippen LogP contribution is -2.20. The number of hydrogen-bond donors (Lipinski definition) is 0. The third kappa shape index (κ3) is 12.2. The van der Waals surface area contributed by atoms with E-state index in [-0.39, 0.29) is 5.56 Å². The standard InChI is InChI=1S/C10H15N.2C9H14N2.C9H13NO/c1-8(2)10-6-5-9(3)11(4)7-10;1-7(2)9-6-11(4)8(3)5-10-9;1-7(2)9-6-5-8(3)11(4)10-9;1-7(2)8-5-4-6-10(3)9(8)11/h5-8H,3H2,1-2,4H3;2*5-7H,3H2,1-2,4H3;4-7H,1-3H3. The lowest BCUT2D eigenvalue weighted by Gasteiger charge is -2.21. The number of rotatable bonds is 4. The Bertz CT molecular complexity index is 1280. The van der Waals surface area contributed by atoms with Crippen LogP contribution in [0.15, 0.2) is 118 Å². The van der Waals surface area contributed by atoms with Crippen molar-refractivity contribution in [3.05, 3.63) is 119 Å². The quantitative estimate of drug-likeness (QED) is 0.351. The van der Waals surface area contributed by atoms with Crippen LogP contribution in [0.5, 0.6) is 0 Å². The highest BCUT2D eigenvalue weighted by Gasteiger charge is 2.10. The second-order valence-electron chi connectivity index (χ2n) is 12.4. The van der Waals surface area contributed by atoms with Gasteiger partial charge in [0.1, 0.15) is 0 Å². The maximum atomic E-state index is 11.4. The molecule has 0 unspecified atom stereocenters. The second-order valence-corrected chi connectivity index (χ2v) is 12.4. The van der Waals surface area contributed by atoms with Crippen LogP contribution in [0.25, 0.3) is 0 Å². The van der Waals surface area contributed by atoms with E-state index < -0.39 is 0 Å². The molecule has 0 bridgehead atoms. The summed E-state index contributed by atoms with van der Waals surface area (Å²) in [6, 6.07) is 3.78. The number of hydrogen-bond acceptors (Lipinski definition) is 6. The SMILES string of the molecule is C=C1C=CC(C(C)C)=CN1C.C=C1C=CC(C(C)C)=NN1C.C=C1C=NC(C(C)C)=CN1C.CC(C)c1cccn(C)c1=O. The fraction of sp³-hybridized carbons (Fsp3) is 0.432. The molecular weight excluding hydrogens is 544 g/mol. The molecule has 0 N–H and O–H groups in total. The molecule has 3 aliphatic rings. The molecule has 0 aromatic carbocycles. The van der Waals surface area contributed by atoms with Crippen LogP contribution in [-0.2, 0) is 7.05 Å². The first-order valence-electron chi connectivity index (χ1n) is 15.3. The molecule has 7 nitrogen and oxygen atoms in total. The molecule has 0 saturated heterocycles. The van der Waals surface area contributed by atoms with Crippen LogP contribution < -0.4 is 5.56 Å². The summed E-state index contributed by atoms with van der Waals surface area (Å²) in [5.41, 5.74) is 7.51. The van der Waals surface area contributed by atoms with Gasteiger partial charge in [0, 0.05) is 58.0 Å². The smallest absolute Gasteiger partial charge is 0.253 e. The second kappa shape index (κ2) is 17.9. The molecule has 0 spiro atoms. The predicted molar refractivity (Wildman–Crippen MR) is 191 cm³/mol. The summed E-state index contributed by atoms with van der Waals surface area (Å²) in [4.78, 5) is 19.7. The van der Waals surface area contributed by atoms with Gasteiger partial charge in [-0.2, -0.15) is 5.10 Å². The number of aromatic nitrogens is 1. The number of hydrazone groups is 1. The zero-order chi connectivity index (χ0) is 33.7. The van der Waals surface area contributed by atoms with Crippen LogP contribution in [0.2, 0.25) is 0 Å². The average Bonchev–Trinajstić information content (AvgIpc) is 2.95. The monoisotopic (exact) mass is 600 g/mol. The van der Waals surface area contributed by atoms with Crippen LogP contribution in [0.4, 0.5) is 0 Å². The molecule has 3 aliphatic heterocycles. The third-order valence-corrected chi connectivity index (χ3v) is 7.16. The first kappa shape index (κ1) is 37.9. The Labute approximate surface area is 267 Å². The number of aliphatic imine (C=N–C) groups is 1. The van der Waals surface area contributed by atoms with E-state index in [1.54, 1.807) is 29.0 Å². The van der Waals surface area contributed by atoms with Gasteiger partial charge >= 0.3 is 0 Å². The Kier molecular flexibility index (Phi) is 15.4. The molecule has 1 aromatic rings. The maximum Gasteiger partial charge on any atom is 0.253 e. The van der Waals surface area contributed by atoms with Crippen LogP contribution in [0.3, 0.4) is 0 Å². The highest BCUT2D eigenvalue weighted by Crippen LogP contribution is 2.19. The van der Waals surface area contributed by atoms with E-state index in [0.717, 1.165) is 34.1 Å². The molecule has 0 radical (unpaired) electrons. The highest BCUT2D eigenvalue weighted by atomic mass is 16.1. The van der Waals surface area contributed by atoms with Crippen LogP contribution >= 0.6 is 0 Å². The van der Waals surface area contributed by atoms with Crippen molar-refractivity contribution in [1.29, 1.82) is 0 Å². The molecular formula is C37H56N6O. The molecule has 0 aliphatic carbocycles. The summed E-state index contributed by atoms with van der Waals surface area (Å²) in [5.74, 6) is 1.89. The molecule has 44 heavy (non-hydrogen) atoms. The van der Waals surface area contributed by atoms with E-state index in [0.29, 0.717) is 23.7 Å². The Hall–Kier alpha value is -4.13. The molecule has 4 rings (SSSR count). The number of allylic oxidation sites excluding steroid dienone is 7. The van der Waals surface area contributed by atoms with Gasteiger partial charge in [-0.15, -0.1) is 0 Å². The zero-order valence-corrected chi connectivity index (χ0v) is 29.3. The third-order valence-electron chi connectivity index (χ3n) is 7.16. The summed E-state index contributed by atoms with van der Waals surface area (Å²) >= 11 is 0. The minimum atomic E-state index is 0.113. The normalized spacial score (nSPS) is 15.9. The van der Waals surface area contributed by atoms with Gasteiger partial charge in [0.2, 0.25) is 0 Å². The molecule has 0 atom stereocenters. The Balaban J connectivity index is 0.000000293. The Morgan fingerprint density at radius 3 is 1.73 bits per heavy atom. The van der Waals surface area contributed by atoms with E-state index in [4.69, 9.17) is 0 Å². The van der Waals surface area contributed by atoms with Gasteiger partial charge < -0.3 is 14.4 Å². The molecule has 1 aromatic heterocycles. The first-order chi connectivity index (χ1) is 20.5. The van der Waals surface area contributed by atoms with Crippen LogP contribution in [0.1, 0.15) is 66.9 Å². The topological polar surface area (TPSA) is 56.4 Å². The van der Waals surface area contributed by atoms with Crippen molar-refractivity contribution < 1.29 is 0 Å². The number of pyridine rings is 1. The minimum Gasteiger partial charge on any atom is -0.351 e. The van der Waals surface area contributed by atoms with Gasteiger partial charge in [-0.3, -0.25) is 14.8 Å². The molecule has 7 heteroatoms. The van der Waals surface area contributed by atoms with Crippen LogP contribution in [0, 0.1) is 17.8 Å². The lowest BCUT2D eigenvalue weighted by molar-refractivity contribution is 0.455. The van der Waals surface area contributed by atoms with Crippen LogP contribution in [-0.4, -0.2) is 52.4 Å². The molecule has 240 valence electrons. The number of nitrogens with zero attached hydrogens (tertiary/aromatic N) is 6. The fourth-order valence-electron chi connectivity index (χ4n) is 3.78. The van der Waals surface area contributed by atoms with Gasteiger partial charge in [-0.25, -0.2) is 0 Å². The van der Waals surface area contributed by atoms with Crippen molar-refractivity contribution in [2.24, 2.45) is 34.9 Å². The largest absolute Gasteiger partial charge is 0.351 e. The maximum absolute atomic E-state index is 11.4. The average molecular weight is 601 g/mol. The Morgan fingerprint density at radius 2 is 1.27 bits per heavy atom. The summed E-state index contributed by atoms with van der Waals surface area (Å²) in [5, 5.41) is 6.13. The molecule has 0 fully saturated rings. The van der Waals surface area contributed by atoms with Crippen molar-refractivity contribution in [3.63, 3.8) is 0 Å². The summed E-state index contributed by atoms with van der Waals surface area (Å²) in [6.07, 6.45) is 15.9. The van der Waals surface area contributed by atoms with Crippen molar-refractivity contribution in [2.45, 2.75) is 61.3 Å². The van der Waals surface area contributed by atoms with Gasteiger partial charge in [0.15, 0.2) is 0 Å². The van der Waals surface area contributed by atoms with Crippen molar-refractivity contribution >= 4 is 11.9 Å². The van der Waals surface area contributed by atoms with Gasteiger partial charge in [-0.1, -0.05) is 87.3 Å². The first-order valence-corrected chi connectivity index (χ1v) is 15.3. The number of likely N-dealkylation sites (N-methyl/N-ethyl adjacent to an activating group) is 2. The van der Waals surface area contributed by atoms with E-state index in [1.165, 1.54) is 5.57 Å². The van der Waals surface area contributed by atoms with Gasteiger partial charge in [-0.05, 0) is 53.5 Å². The highest BCUT2D eigenvalue weighted by molar-refractivity contribution is 5.97. The lowest BCUT2D eigenvalue weighted by atomic mass is 10.0. The minimum absolute atomic E-state index is 0.113. The van der Waals surface area contributed by atoms with E-state index >= 15 is 0 Å². The van der Waals surface area contributed by atoms with Crippen molar-refractivity contribution in [2.75, 3.05) is 21.1 Å². The van der Waals surface area contributed by atoms with E-state index in [9.17, 15) is 4.79 Å². The van der Waals surface area contributed by atoms with Gasteiger partial charge in [0.05, 0.1) is 29.0 Å². The summed E-state index contributed by atoms with van der Waals surface area (Å²) in [6.45, 7) is 28.5. The number of aryl methyl sites for hydroxylation is 1. The molecule has 0 amide bonds. The summed E-state index contributed by atoms with van der Waals surface area (Å²) in [7, 11) is 7.69.